The van der Waals surface area contributed by atoms with Crippen molar-refractivity contribution in [1.29, 1.82) is 0 Å². The van der Waals surface area contributed by atoms with Crippen LogP contribution in [0.2, 0.25) is 0 Å². The maximum atomic E-state index is 12.3. The highest BCUT2D eigenvalue weighted by molar-refractivity contribution is 5.57. The molecule has 2 heterocycles. The summed E-state index contributed by atoms with van der Waals surface area (Å²) in [6.45, 7) is 2.95. The molecule has 0 atom stereocenters. The van der Waals surface area contributed by atoms with E-state index in [9.17, 15) is 13.2 Å². The second-order valence-corrected chi connectivity index (χ2v) is 7.37. The van der Waals surface area contributed by atoms with E-state index < -0.39 is 6.36 Å². The van der Waals surface area contributed by atoms with E-state index in [0.717, 1.165) is 17.0 Å². The molecule has 0 bridgehead atoms. The number of ether oxygens (including phenoxy) is 2. The minimum Gasteiger partial charge on any atom is -0.493 e. The second kappa shape index (κ2) is 10.0. The molecule has 180 valence electrons. The van der Waals surface area contributed by atoms with Gasteiger partial charge in [-0.1, -0.05) is 17.3 Å². The maximum Gasteiger partial charge on any atom is 0.573 e. The van der Waals surface area contributed by atoms with Crippen LogP contribution in [0.15, 0.2) is 65.0 Å². The van der Waals surface area contributed by atoms with Crippen molar-refractivity contribution in [3.05, 3.63) is 66.0 Å². The number of alkyl halides is 3. The van der Waals surface area contributed by atoms with Crippen LogP contribution in [0, 0.1) is 0 Å². The summed E-state index contributed by atoms with van der Waals surface area (Å²) in [6.07, 6.45) is -2.42. The lowest BCUT2D eigenvalue weighted by Gasteiger charge is -2.22. The first-order valence-electron chi connectivity index (χ1n) is 10.3. The van der Waals surface area contributed by atoms with E-state index in [1.54, 1.807) is 11.2 Å². The van der Waals surface area contributed by atoms with Crippen molar-refractivity contribution in [3.8, 4) is 22.9 Å². The van der Waals surface area contributed by atoms with E-state index in [1.165, 1.54) is 24.3 Å². The number of benzene rings is 2. The molecule has 1 aliphatic rings. The van der Waals surface area contributed by atoms with Gasteiger partial charge in [-0.05, 0) is 48.9 Å². The van der Waals surface area contributed by atoms with Gasteiger partial charge in [0.25, 0.3) is 0 Å². The van der Waals surface area contributed by atoms with Crippen LogP contribution in [0.25, 0.3) is 11.4 Å². The zero-order chi connectivity index (χ0) is 24.1. The number of hydrogen-bond donors (Lipinski definition) is 2. The second-order valence-electron chi connectivity index (χ2n) is 7.37. The number of hydrogen-bond acceptors (Lipinski definition) is 9. The number of nitrogens with zero attached hydrogens (tertiary/aromatic N) is 4. The number of hydrazine groups is 2. The van der Waals surface area contributed by atoms with Gasteiger partial charge in [-0.2, -0.15) is 4.98 Å². The van der Waals surface area contributed by atoms with E-state index in [4.69, 9.17) is 14.4 Å². The molecule has 4 rings (SSSR count). The Morgan fingerprint density at radius 1 is 1.12 bits per heavy atom. The van der Waals surface area contributed by atoms with Crippen molar-refractivity contribution >= 4 is 6.01 Å². The lowest BCUT2D eigenvalue weighted by atomic mass is 10.2. The topological polar surface area (TPSA) is 96.1 Å². The lowest BCUT2D eigenvalue weighted by Crippen LogP contribution is -2.40. The van der Waals surface area contributed by atoms with Crippen molar-refractivity contribution < 1.29 is 32.3 Å². The normalized spacial score (nSPS) is 13.9. The Hall–Kier alpha value is -3.77. The molecular formula is C22H22F3N5O4. The van der Waals surface area contributed by atoms with Gasteiger partial charge in [-0.15, -0.1) is 18.7 Å². The summed E-state index contributed by atoms with van der Waals surface area (Å²) in [6, 6.07) is 13.0. The Morgan fingerprint density at radius 3 is 2.65 bits per heavy atom. The third kappa shape index (κ3) is 5.97. The third-order valence-electron chi connectivity index (χ3n) is 4.75. The number of halogens is 3. The number of aliphatic hydroxyl groups excluding tert-OH is 1. The predicted molar refractivity (Wildman–Crippen MR) is 115 cm³/mol. The minimum atomic E-state index is -4.76. The highest BCUT2D eigenvalue weighted by Crippen LogP contribution is 2.27. The van der Waals surface area contributed by atoms with Gasteiger partial charge in [0.1, 0.15) is 11.5 Å². The van der Waals surface area contributed by atoms with Gasteiger partial charge < -0.3 is 19.1 Å². The molecule has 2 aromatic carbocycles. The van der Waals surface area contributed by atoms with Gasteiger partial charge in [0.2, 0.25) is 5.82 Å². The zero-order valence-electron chi connectivity index (χ0n) is 18.1. The van der Waals surface area contributed by atoms with Crippen LogP contribution in [0.5, 0.6) is 11.5 Å². The summed E-state index contributed by atoms with van der Waals surface area (Å²) >= 11 is 0. The fraction of sp³-hybridized carbons (Fsp3) is 0.273. The lowest BCUT2D eigenvalue weighted by molar-refractivity contribution is -0.274. The molecule has 12 heteroatoms. The zero-order valence-corrected chi connectivity index (χ0v) is 18.1. The molecule has 0 spiro atoms. The van der Waals surface area contributed by atoms with Crippen LogP contribution < -0.4 is 20.0 Å². The van der Waals surface area contributed by atoms with Crippen LogP contribution in [-0.4, -0.2) is 39.8 Å². The molecule has 1 aromatic heterocycles. The number of anilines is 1. The SMILES string of the molecule is CC1=CN(c2nc(-c3ccc(OC(F)(F)F)cc3)no2)NN1Cc1cccc(OCCCO)c1. The molecule has 3 aromatic rings. The smallest absolute Gasteiger partial charge is 0.493 e. The Bertz CT molecular complexity index is 1130. The van der Waals surface area contributed by atoms with Crippen molar-refractivity contribution in [1.82, 2.24) is 20.7 Å². The molecule has 0 saturated heterocycles. The number of allylic oxidation sites excluding steroid dienone is 1. The number of aromatic nitrogens is 2. The van der Waals surface area contributed by atoms with Gasteiger partial charge in [0.15, 0.2) is 0 Å². The van der Waals surface area contributed by atoms with E-state index >= 15 is 0 Å². The van der Waals surface area contributed by atoms with E-state index in [1.807, 2.05) is 36.2 Å². The summed E-state index contributed by atoms with van der Waals surface area (Å²) < 4.78 is 51.8. The summed E-state index contributed by atoms with van der Waals surface area (Å²) in [7, 11) is 0. The molecule has 1 aliphatic heterocycles. The van der Waals surface area contributed by atoms with Gasteiger partial charge in [0.05, 0.1) is 13.2 Å². The minimum absolute atomic E-state index is 0.0758. The molecule has 2 N–H and O–H groups in total. The molecule has 0 fully saturated rings. The average Bonchev–Trinajstić information content (AvgIpc) is 3.41. The Balaban J connectivity index is 1.38. The number of aliphatic hydroxyl groups is 1. The molecular weight excluding hydrogens is 455 g/mol. The van der Waals surface area contributed by atoms with Crippen LogP contribution >= 0.6 is 0 Å². The van der Waals surface area contributed by atoms with Crippen molar-refractivity contribution in [2.75, 3.05) is 18.2 Å². The first-order valence-corrected chi connectivity index (χ1v) is 10.3. The highest BCUT2D eigenvalue weighted by Gasteiger charge is 2.31. The number of rotatable bonds is 9. The molecule has 0 amide bonds. The summed E-state index contributed by atoms with van der Waals surface area (Å²) in [5.74, 6) is 0.600. The standard InChI is InChI=1S/C22H22F3N5O4/c1-15-13-30(28-29(15)14-16-4-2-5-19(12-16)32-11-3-10-31)21-26-20(27-34-21)17-6-8-18(9-7-17)33-22(23,24)25/h2,4-9,12-13,28,31H,3,10-11,14H2,1H3. The molecule has 0 aliphatic carbocycles. The van der Waals surface area contributed by atoms with Crippen molar-refractivity contribution in [2.24, 2.45) is 0 Å². The summed E-state index contributed by atoms with van der Waals surface area (Å²) in [5, 5.41) is 16.2. The van der Waals surface area contributed by atoms with Crippen LogP contribution in [0.1, 0.15) is 18.9 Å². The van der Waals surface area contributed by atoms with Gasteiger partial charge in [-0.3, -0.25) is 5.01 Å². The van der Waals surface area contributed by atoms with Crippen molar-refractivity contribution in [3.63, 3.8) is 0 Å². The Labute approximate surface area is 192 Å². The number of nitrogens with one attached hydrogen (secondary N) is 1. The van der Waals surface area contributed by atoms with Crippen LogP contribution in [0.4, 0.5) is 19.2 Å². The largest absolute Gasteiger partial charge is 0.573 e. The quantitative estimate of drug-likeness (QED) is 0.444. The van der Waals surface area contributed by atoms with Crippen LogP contribution in [-0.2, 0) is 6.54 Å². The third-order valence-corrected chi connectivity index (χ3v) is 4.75. The first kappa shape index (κ1) is 23.4. The van der Waals surface area contributed by atoms with Gasteiger partial charge in [-0.25, -0.2) is 5.01 Å². The summed E-state index contributed by atoms with van der Waals surface area (Å²) in [5.41, 5.74) is 5.49. The van der Waals surface area contributed by atoms with Gasteiger partial charge >= 0.3 is 12.4 Å². The van der Waals surface area contributed by atoms with Crippen LogP contribution in [0.3, 0.4) is 0 Å². The van der Waals surface area contributed by atoms with E-state index in [-0.39, 0.29) is 24.2 Å². The van der Waals surface area contributed by atoms with E-state index in [0.29, 0.717) is 25.1 Å². The van der Waals surface area contributed by atoms with Gasteiger partial charge in [0, 0.05) is 30.5 Å². The summed E-state index contributed by atoms with van der Waals surface area (Å²) in [4.78, 5) is 4.31. The fourth-order valence-corrected chi connectivity index (χ4v) is 3.16. The molecule has 34 heavy (non-hydrogen) atoms. The maximum absolute atomic E-state index is 12.3. The molecule has 0 saturated carbocycles. The van der Waals surface area contributed by atoms with Crippen molar-refractivity contribution in [2.45, 2.75) is 26.3 Å². The van der Waals surface area contributed by atoms with E-state index in [2.05, 4.69) is 20.4 Å². The fourth-order valence-electron chi connectivity index (χ4n) is 3.16. The Kier molecular flexibility index (Phi) is 6.89. The Morgan fingerprint density at radius 2 is 1.91 bits per heavy atom. The molecule has 0 radical (unpaired) electrons. The molecule has 9 nitrogen and oxygen atoms in total. The highest BCUT2D eigenvalue weighted by atomic mass is 19.4. The average molecular weight is 477 g/mol. The monoisotopic (exact) mass is 477 g/mol. The first-order chi connectivity index (χ1) is 16.3. The predicted octanol–water partition coefficient (Wildman–Crippen LogP) is 4.00. The molecule has 0 unspecified atom stereocenters.